The van der Waals surface area contributed by atoms with E-state index in [2.05, 4.69) is 10.3 Å². The molecule has 112 valence electrons. The Morgan fingerprint density at radius 1 is 1.17 bits per heavy atom. The van der Waals surface area contributed by atoms with Gasteiger partial charge in [-0.25, -0.2) is 9.37 Å². The first-order valence-electron chi connectivity index (χ1n) is 7.12. The van der Waals surface area contributed by atoms with Crippen LogP contribution in [0.1, 0.15) is 11.6 Å². The Morgan fingerprint density at radius 3 is 2.70 bits per heavy atom. The number of aromatic nitrogens is 2. The molecule has 0 radical (unpaired) electrons. The maximum atomic E-state index is 14.3. The Morgan fingerprint density at radius 2 is 1.91 bits per heavy atom. The number of imidazole rings is 1. The second kappa shape index (κ2) is 4.92. The van der Waals surface area contributed by atoms with Crippen LogP contribution in [0.15, 0.2) is 48.5 Å². The van der Waals surface area contributed by atoms with Crippen molar-refractivity contribution in [2.75, 3.05) is 5.32 Å². The third-order valence-electron chi connectivity index (χ3n) is 4.07. The maximum absolute atomic E-state index is 14.3. The van der Waals surface area contributed by atoms with Crippen molar-refractivity contribution in [3.63, 3.8) is 0 Å². The van der Waals surface area contributed by atoms with Gasteiger partial charge in [0.2, 0.25) is 11.9 Å². The molecule has 0 aliphatic carbocycles. The van der Waals surface area contributed by atoms with E-state index in [1.807, 2.05) is 30.3 Å². The van der Waals surface area contributed by atoms with Crippen LogP contribution in [0.5, 0.6) is 0 Å². The molecule has 4 rings (SSSR count). The number of nitrogens with one attached hydrogen (secondary N) is 1. The summed E-state index contributed by atoms with van der Waals surface area (Å²) in [7, 11) is 0. The normalized spacial score (nSPS) is 19.9. The molecule has 0 saturated carbocycles. The molecule has 23 heavy (non-hydrogen) atoms. The minimum Gasteiger partial charge on any atom is -0.300 e. The highest BCUT2D eigenvalue weighted by Gasteiger charge is 2.39. The molecule has 0 saturated heterocycles. The minimum absolute atomic E-state index is 0.304. The third kappa shape index (κ3) is 1.90. The number of hydrogen-bond acceptors (Lipinski definition) is 3. The van der Waals surface area contributed by atoms with Gasteiger partial charge in [-0.05, 0) is 18.2 Å². The van der Waals surface area contributed by atoms with Crippen molar-refractivity contribution >= 4 is 22.9 Å². The molecule has 1 aromatic heterocycles. The van der Waals surface area contributed by atoms with Gasteiger partial charge >= 0.3 is 0 Å². The number of amides is 1. The molecule has 0 unspecified atom stereocenters. The number of halogens is 1. The van der Waals surface area contributed by atoms with Crippen LogP contribution in [-0.2, 0) is 4.79 Å². The Bertz CT molecular complexity index is 972. The number of benzene rings is 2. The van der Waals surface area contributed by atoms with Crippen molar-refractivity contribution in [3.05, 3.63) is 59.9 Å². The van der Waals surface area contributed by atoms with Crippen LogP contribution < -0.4 is 5.32 Å². The number of anilines is 1. The highest BCUT2D eigenvalue weighted by atomic mass is 19.1. The van der Waals surface area contributed by atoms with E-state index in [0.29, 0.717) is 17.0 Å². The molecule has 1 aliphatic rings. The van der Waals surface area contributed by atoms with Crippen molar-refractivity contribution in [1.82, 2.24) is 9.55 Å². The van der Waals surface area contributed by atoms with Crippen LogP contribution in [0.25, 0.3) is 11.0 Å². The number of carbonyl (C=O) groups is 1. The Labute approximate surface area is 131 Å². The first-order valence-corrected chi connectivity index (χ1v) is 7.12. The van der Waals surface area contributed by atoms with Crippen molar-refractivity contribution < 1.29 is 9.18 Å². The molecule has 0 bridgehead atoms. The van der Waals surface area contributed by atoms with Gasteiger partial charge in [0.25, 0.3) is 0 Å². The lowest BCUT2D eigenvalue weighted by atomic mass is 9.91. The molecule has 6 heteroatoms. The topological polar surface area (TPSA) is 70.7 Å². The minimum atomic E-state index is -1.03. The lowest BCUT2D eigenvalue weighted by molar-refractivity contribution is -0.119. The first kappa shape index (κ1) is 13.5. The van der Waals surface area contributed by atoms with Gasteiger partial charge in [0, 0.05) is 5.56 Å². The molecule has 0 spiro atoms. The van der Waals surface area contributed by atoms with Crippen LogP contribution in [0.4, 0.5) is 10.3 Å². The summed E-state index contributed by atoms with van der Waals surface area (Å²) in [4.78, 5) is 16.6. The fourth-order valence-electron chi connectivity index (χ4n) is 3.06. The van der Waals surface area contributed by atoms with E-state index in [4.69, 9.17) is 0 Å². The summed E-state index contributed by atoms with van der Waals surface area (Å²) in [6.07, 6.45) is 0. The van der Waals surface area contributed by atoms with Gasteiger partial charge in [0.05, 0.1) is 23.1 Å². The summed E-state index contributed by atoms with van der Waals surface area (Å²) in [6, 6.07) is 14.8. The Kier molecular flexibility index (Phi) is 2.88. The molecule has 5 nitrogen and oxygen atoms in total. The van der Waals surface area contributed by atoms with Gasteiger partial charge < -0.3 is 4.57 Å². The smallest absolute Gasteiger partial charge is 0.246 e. The number of fused-ring (bicyclic) bond motifs is 3. The van der Waals surface area contributed by atoms with E-state index in [-0.39, 0.29) is 0 Å². The average Bonchev–Trinajstić information content (AvgIpc) is 2.92. The fourth-order valence-corrected chi connectivity index (χ4v) is 3.06. The largest absolute Gasteiger partial charge is 0.300 e. The van der Waals surface area contributed by atoms with Crippen molar-refractivity contribution in [2.45, 2.75) is 6.04 Å². The highest BCUT2D eigenvalue weighted by molar-refractivity contribution is 5.97. The molecule has 3 aromatic rings. The van der Waals surface area contributed by atoms with E-state index >= 15 is 0 Å². The zero-order valence-corrected chi connectivity index (χ0v) is 11.9. The van der Waals surface area contributed by atoms with Crippen LogP contribution in [0, 0.1) is 23.1 Å². The lowest BCUT2D eigenvalue weighted by Gasteiger charge is -2.30. The number of rotatable bonds is 1. The molecular weight excluding hydrogens is 295 g/mol. The van der Waals surface area contributed by atoms with E-state index in [1.165, 1.54) is 6.07 Å². The second-order valence-corrected chi connectivity index (χ2v) is 5.36. The van der Waals surface area contributed by atoms with Crippen molar-refractivity contribution in [1.29, 1.82) is 5.26 Å². The first-order chi connectivity index (χ1) is 11.2. The van der Waals surface area contributed by atoms with Crippen molar-refractivity contribution in [2.24, 2.45) is 5.92 Å². The lowest BCUT2D eigenvalue weighted by Crippen LogP contribution is -2.37. The maximum Gasteiger partial charge on any atom is 0.246 e. The van der Waals surface area contributed by atoms with Crippen LogP contribution >= 0.6 is 0 Å². The fraction of sp³-hybridized carbons (Fsp3) is 0.118. The molecule has 1 amide bonds. The number of carbonyl (C=O) groups excluding carboxylic acids is 1. The van der Waals surface area contributed by atoms with Crippen LogP contribution in [0.3, 0.4) is 0 Å². The number of nitriles is 1. The average molecular weight is 306 g/mol. The number of hydrogen-bond donors (Lipinski definition) is 1. The SMILES string of the molecule is N#C[C@H]1C(=O)Nc2nc3ccccc3n2[C@H]1c1ccccc1F. The predicted molar refractivity (Wildman–Crippen MR) is 82.0 cm³/mol. The predicted octanol–water partition coefficient (Wildman–Crippen LogP) is 2.86. The second-order valence-electron chi connectivity index (χ2n) is 5.36. The van der Waals surface area contributed by atoms with Gasteiger partial charge in [0.1, 0.15) is 5.82 Å². The zero-order chi connectivity index (χ0) is 16.0. The van der Waals surface area contributed by atoms with E-state index in [9.17, 15) is 14.4 Å². The number of nitrogens with zero attached hydrogens (tertiary/aromatic N) is 3. The third-order valence-corrected chi connectivity index (χ3v) is 4.07. The summed E-state index contributed by atoms with van der Waals surface area (Å²) in [5.41, 5.74) is 1.73. The van der Waals surface area contributed by atoms with Gasteiger partial charge in [0.15, 0.2) is 5.92 Å². The Balaban J connectivity index is 2.05. The van der Waals surface area contributed by atoms with Crippen molar-refractivity contribution in [3.8, 4) is 6.07 Å². The zero-order valence-electron chi connectivity index (χ0n) is 11.9. The van der Waals surface area contributed by atoms with E-state index in [0.717, 1.165) is 5.52 Å². The molecular formula is C17H11FN4O. The quantitative estimate of drug-likeness (QED) is 0.751. The van der Waals surface area contributed by atoms with Gasteiger partial charge in [-0.1, -0.05) is 30.3 Å². The summed E-state index contributed by atoms with van der Waals surface area (Å²) in [5, 5.41) is 12.1. The molecule has 2 aromatic carbocycles. The summed E-state index contributed by atoms with van der Waals surface area (Å²) >= 11 is 0. The van der Waals surface area contributed by atoms with Crippen LogP contribution in [-0.4, -0.2) is 15.5 Å². The molecule has 2 heterocycles. The summed E-state index contributed by atoms with van der Waals surface area (Å²) in [6.45, 7) is 0. The molecule has 1 aliphatic heterocycles. The highest BCUT2D eigenvalue weighted by Crippen LogP contribution is 2.38. The van der Waals surface area contributed by atoms with Gasteiger partial charge in [-0.15, -0.1) is 0 Å². The van der Waals surface area contributed by atoms with Crippen LogP contribution in [0.2, 0.25) is 0 Å². The number of para-hydroxylation sites is 2. The standard InChI is InChI=1S/C17H11FN4O/c18-12-6-2-1-5-10(12)15-11(9-19)16(23)21-17-20-13-7-3-4-8-14(13)22(15)17/h1-8,11,15H,(H,20,21,23)/t11-,15+/m1/s1. The van der Waals surface area contributed by atoms with E-state index in [1.54, 1.807) is 22.8 Å². The van der Waals surface area contributed by atoms with Gasteiger partial charge in [-0.2, -0.15) is 5.26 Å². The molecule has 2 atom stereocenters. The molecule has 0 fully saturated rings. The monoisotopic (exact) mass is 306 g/mol. The summed E-state index contributed by atoms with van der Waals surface area (Å²) in [5.74, 6) is -1.62. The van der Waals surface area contributed by atoms with E-state index < -0.39 is 23.7 Å². The molecule has 1 N–H and O–H groups in total. The van der Waals surface area contributed by atoms with Gasteiger partial charge in [-0.3, -0.25) is 10.1 Å². The Hall–Kier alpha value is -3.20. The summed E-state index contributed by atoms with van der Waals surface area (Å²) < 4.78 is 16.1.